The van der Waals surface area contributed by atoms with Crippen molar-refractivity contribution in [1.29, 1.82) is 0 Å². The predicted molar refractivity (Wildman–Crippen MR) is 87.1 cm³/mol. The molecule has 5 aliphatic rings. The van der Waals surface area contributed by atoms with Gasteiger partial charge in [-0.1, -0.05) is 0 Å². The summed E-state index contributed by atoms with van der Waals surface area (Å²) in [7, 11) is 0. The number of rotatable bonds is 2. The van der Waals surface area contributed by atoms with Crippen molar-refractivity contribution in [3.05, 3.63) is 23.3 Å². The summed E-state index contributed by atoms with van der Waals surface area (Å²) in [6.45, 7) is 3.90. The summed E-state index contributed by atoms with van der Waals surface area (Å²) in [4.78, 5) is 24.2. The number of likely N-dealkylation sites (tertiary alicyclic amines) is 1. The molecule has 4 saturated carbocycles. The molecular formula is C19H25N3O. The van der Waals surface area contributed by atoms with Crippen molar-refractivity contribution in [2.75, 3.05) is 13.1 Å². The molecule has 2 heterocycles. The van der Waals surface area contributed by atoms with Crippen LogP contribution >= 0.6 is 0 Å². The number of aromatic nitrogens is 2. The second kappa shape index (κ2) is 5.02. The van der Waals surface area contributed by atoms with Crippen molar-refractivity contribution in [2.24, 2.45) is 23.7 Å². The van der Waals surface area contributed by atoms with E-state index in [4.69, 9.17) is 0 Å². The minimum absolute atomic E-state index is 0.165. The zero-order valence-electron chi connectivity index (χ0n) is 13.9. The predicted octanol–water partition coefficient (Wildman–Crippen LogP) is 3.17. The number of carbonyl (C=O) groups excluding carboxylic acids is 1. The lowest BCUT2D eigenvalue weighted by atomic mass is 9.60. The minimum atomic E-state index is 0.165. The molecular weight excluding hydrogens is 286 g/mol. The van der Waals surface area contributed by atoms with E-state index >= 15 is 0 Å². The first-order valence-electron chi connectivity index (χ1n) is 9.33. The Bertz CT molecular complexity index is 626. The fourth-order valence-electron chi connectivity index (χ4n) is 5.42. The van der Waals surface area contributed by atoms with Crippen LogP contribution in [0.5, 0.6) is 0 Å². The number of fused-ring (bicyclic) bond motifs is 2. The summed E-state index contributed by atoms with van der Waals surface area (Å²) < 4.78 is 0. The summed E-state index contributed by atoms with van der Waals surface area (Å²) in [6, 6.07) is 0. The van der Waals surface area contributed by atoms with Crippen LogP contribution in [0.2, 0.25) is 0 Å². The van der Waals surface area contributed by atoms with Gasteiger partial charge in [0.25, 0.3) is 5.91 Å². The first-order chi connectivity index (χ1) is 11.2. The van der Waals surface area contributed by atoms with Crippen LogP contribution in [-0.2, 0) is 0 Å². The van der Waals surface area contributed by atoms with Crippen LogP contribution < -0.4 is 0 Å². The molecule has 0 unspecified atom stereocenters. The summed E-state index contributed by atoms with van der Waals surface area (Å²) in [5, 5.41) is 0. The highest BCUT2D eigenvalue weighted by atomic mass is 16.2. The minimum Gasteiger partial charge on any atom is -0.338 e. The zero-order chi connectivity index (χ0) is 15.6. The van der Waals surface area contributed by atoms with Crippen molar-refractivity contribution >= 4 is 5.91 Å². The Morgan fingerprint density at radius 1 is 1.04 bits per heavy atom. The van der Waals surface area contributed by atoms with E-state index in [-0.39, 0.29) is 5.91 Å². The van der Waals surface area contributed by atoms with Crippen molar-refractivity contribution in [3.8, 4) is 0 Å². The number of amides is 1. The molecule has 1 saturated heterocycles. The maximum absolute atomic E-state index is 13.0. The van der Waals surface area contributed by atoms with Crippen LogP contribution in [0.3, 0.4) is 0 Å². The largest absolute Gasteiger partial charge is 0.338 e. The molecule has 2 atom stereocenters. The Morgan fingerprint density at radius 3 is 2.17 bits per heavy atom. The van der Waals surface area contributed by atoms with Gasteiger partial charge in [0.15, 0.2) is 0 Å². The molecule has 5 fully saturated rings. The Labute approximate surface area is 137 Å². The smallest absolute Gasteiger partial charge is 0.257 e. The molecule has 4 nitrogen and oxygen atoms in total. The van der Waals surface area contributed by atoms with Crippen LogP contribution in [0.1, 0.15) is 66.3 Å². The highest BCUT2D eigenvalue weighted by Crippen LogP contribution is 2.52. The lowest BCUT2D eigenvalue weighted by molar-refractivity contribution is 0.0577. The number of hydrogen-bond acceptors (Lipinski definition) is 3. The Balaban J connectivity index is 1.37. The van der Waals surface area contributed by atoms with Crippen LogP contribution in [0.25, 0.3) is 0 Å². The van der Waals surface area contributed by atoms with E-state index < -0.39 is 0 Å². The van der Waals surface area contributed by atoms with Crippen LogP contribution in [0.4, 0.5) is 0 Å². The molecule has 0 radical (unpaired) electrons. The third-order valence-electron chi connectivity index (χ3n) is 6.90. The van der Waals surface area contributed by atoms with E-state index in [9.17, 15) is 4.79 Å². The van der Waals surface area contributed by atoms with E-state index in [1.165, 1.54) is 38.5 Å². The first-order valence-corrected chi connectivity index (χ1v) is 9.33. The van der Waals surface area contributed by atoms with Crippen molar-refractivity contribution in [2.45, 2.75) is 51.4 Å². The second-order valence-corrected chi connectivity index (χ2v) is 8.21. The van der Waals surface area contributed by atoms with Gasteiger partial charge >= 0.3 is 0 Å². The van der Waals surface area contributed by atoms with Crippen LogP contribution in [-0.4, -0.2) is 33.9 Å². The molecule has 6 rings (SSSR count). The average Bonchev–Trinajstić information content (AvgIpc) is 3.32. The molecule has 0 aromatic carbocycles. The second-order valence-electron chi connectivity index (χ2n) is 8.21. The average molecular weight is 311 g/mol. The molecule has 1 aromatic rings. The molecule has 0 N–H and O–H groups in total. The zero-order valence-corrected chi connectivity index (χ0v) is 13.9. The summed E-state index contributed by atoms with van der Waals surface area (Å²) >= 11 is 0. The normalized spacial score (nSPS) is 35.4. The fraction of sp³-hybridized carbons (Fsp3) is 0.737. The lowest BCUT2D eigenvalue weighted by Gasteiger charge is -2.44. The standard InChI is InChI=1S/C19H25N3O/c1-11-15(8-20-18(21-11)14-6-7-14)19(23)22-9-16-12-2-3-13(5-4-12)17(16)10-22/h8,12-14,16-17H,2-7,9-10H2,1H3/t12?,13?,16-,17+. The van der Waals surface area contributed by atoms with Gasteiger partial charge in [0.2, 0.25) is 0 Å². The van der Waals surface area contributed by atoms with Gasteiger partial charge in [-0.2, -0.15) is 0 Å². The molecule has 1 aromatic heterocycles. The molecule has 2 bridgehead atoms. The number of carbonyl (C=O) groups is 1. The molecule has 0 spiro atoms. The molecule has 122 valence electrons. The van der Waals surface area contributed by atoms with E-state index in [1.54, 1.807) is 6.20 Å². The van der Waals surface area contributed by atoms with Gasteiger partial charge in [-0.05, 0) is 69.1 Å². The molecule has 1 amide bonds. The van der Waals surface area contributed by atoms with Gasteiger partial charge in [-0.15, -0.1) is 0 Å². The van der Waals surface area contributed by atoms with Gasteiger partial charge < -0.3 is 4.90 Å². The van der Waals surface area contributed by atoms with Gasteiger partial charge in [-0.3, -0.25) is 4.79 Å². The highest BCUT2D eigenvalue weighted by molar-refractivity contribution is 5.95. The van der Waals surface area contributed by atoms with E-state index in [1.807, 2.05) is 6.92 Å². The third-order valence-corrected chi connectivity index (χ3v) is 6.90. The Morgan fingerprint density at radius 2 is 1.65 bits per heavy atom. The number of hydrogen-bond donors (Lipinski definition) is 0. The van der Waals surface area contributed by atoms with Gasteiger partial charge in [0, 0.05) is 25.2 Å². The Hall–Kier alpha value is -1.45. The quantitative estimate of drug-likeness (QED) is 0.843. The highest BCUT2D eigenvalue weighted by Gasteiger charge is 2.49. The van der Waals surface area contributed by atoms with Gasteiger partial charge in [-0.25, -0.2) is 9.97 Å². The van der Waals surface area contributed by atoms with Crippen molar-refractivity contribution in [3.63, 3.8) is 0 Å². The van der Waals surface area contributed by atoms with Crippen LogP contribution in [0, 0.1) is 30.6 Å². The SMILES string of the molecule is Cc1nc(C2CC2)ncc1C(=O)N1C[C@@H]2C3CCC(CC3)[C@@H]2C1. The molecule has 4 heteroatoms. The lowest BCUT2D eigenvalue weighted by Crippen LogP contribution is -2.38. The molecule has 4 aliphatic carbocycles. The summed E-state index contributed by atoms with van der Waals surface area (Å²) in [5.74, 6) is 4.92. The third kappa shape index (κ3) is 2.21. The molecule has 1 aliphatic heterocycles. The van der Waals surface area contributed by atoms with E-state index in [0.717, 1.165) is 53.8 Å². The monoisotopic (exact) mass is 311 g/mol. The van der Waals surface area contributed by atoms with Gasteiger partial charge in [0.1, 0.15) is 5.82 Å². The topological polar surface area (TPSA) is 46.1 Å². The van der Waals surface area contributed by atoms with Crippen molar-refractivity contribution in [1.82, 2.24) is 14.9 Å². The van der Waals surface area contributed by atoms with Gasteiger partial charge in [0.05, 0.1) is 11.3 Å². The summed E-state index contributed by atoms with van der Waals surface area (Å²) in [5.41, 5.74) is 1.59. The van der Waals surface area contributed by atoms with E-state index in [2.05, 4.69) is 14.9 Å². The van der Waals surface area contributed by atoms with Crippen molar-refractivity contribution < 1.29 is 4.79 Å². The van der Waals surface area contributed by atoms with E-state index in [0.29, 0.717) is 5.92 Å². The Kier molecular flexibility index (Phi) is 3.04. The first kappa shape index (κ1) is 13.9. The maximum Gasteiger partial charge on any atom is 0.257 e. The number of aryl methyl sites for hydroxylation is 1. The summed E-state index contributed by atoms with van der Waals surface area (Å²) in [6.07, 6.45) is 9.77. The molecule has 23 heavy (non-hydrogen) atoms. The fourth-order valence-corrected chi connectivity index (χ4v) is 5.42. The number of nitrogens with zero attached hydrogens (tertiary/aromatic N) is 3. The van der Waals surface area contributed by atoms with Crippen LogP contribution in [0.15, 0.2) is 6.20 Å². The maximum atomic E-state index is 13.0.